The summed E-state index contributed by atoms with van der Waals surface area (Å²) in [6, 6.07) is 20.7. The first-order valence-corrected chi connectivity index (χ1v) is 9.79. The van der Waals surface area contributed by atoms with Crippen molar-refractivity contribution in [3.63, 3.8) is 0 Å². The number of rotatable bonds is 8. The topological polar surface area (TPSA) is 27.7 Å². The number of benzene rings is 2. The normalized spacial score (nSPS) is 25.9. The Hall–Kier alpha value is -1.68. The van der Waals surface area contributed by atoms with Gasteiger partial charge in [-0.3, -0.25) is 0 Å². The quantitative estimate of drug-likeness (QED) is 0.695. The molecule has 0 aromatic heterocycles. The molecule has 0 N–H and O–H groups in total. The molecule has 1 saturated heterocycles. The fraction of sp³-hybridized carbons (Fsp3) is 0.478. The lowest BCUT2D eigenvalue weighted by Gasteiger charge is -2.38. The summed E-state index contributed by atoms with van der Waals surface area (Å²) in [4.78, 5) is 0. The lowest BCUT2D eigenvalue weighted by atomic mass is 9.88. The van der Waals surface area contributed by atoms with Gasteiger partial charge in [0.2, 0.25) is 0 Å². The second-order valence-electron chi connectivity index (χ2n) is 7.46. The van der Waals surface area contributed by atoms with Crippen LogP contribution in [0.5, 0.6) is 0 Å². The maximum atomic E-state index is 6.39. The molecule has 2 aromatic carbocycles. The molecule has 26 heavy (non-hydrogen) atoms. The minimum Gasteiger partial charge on any atom is -0.374 e. The van der Waals surface area contributed by atoms with Crippen molar-refractivity contribution in [2.24, 2.45) is 11.8 Å². The summed E-state index contributed by atoms with van der Waals surface area (Å²) < 4.78 is 18.5. The SMILES string of the molecule is c1ccc(COCC2OCCC(C3CC3)C2OCc2ccccc2)cc1. The van der Waals surface area contributed by atoms with Crippen molar-refractivity contribution < 1.29 is 14.2 Å². The Morgan fingerprint density at radius 1 is 0.808 bits per heavy atom. The van der Waals surface area contributed by atoms with Gasteiger partial charge in [-0.2, -0.15) is 0 Å². The van der Waals surface area contributed by atoms with Crippen LogP contribution in [0.3, 0.4) is 0 Å². The van der Waals surface area contributed by atoms with E-state index in [2.05, 4.69) is 36.4 Å². The fourth-order valence-electron chi connectivity index (χ4n) is 3.93. The zero-order valence-electron chi connectivity index (χ0n) is 15.3. The van der Waals surface area contributed by atoms with Gasteiger partial charge < -0.3 is 14.2 Å². The molecule has 1 heterocycles. The van der Waals surface area contributed by atoms with Crippen LogP contribution in [-0.2, 0) is 27.4 Å². The second kappa shape index (κ2) is 8.81. The number of hydrogen-bond donors (Lipinski definition) is 0. The van der Waals surface area contributed by atoms with E-state index in [4.69, 9.17) is 14.2 Å². The zero-order valence-corrected chi connectivity index (χ0v) is 15.3. The van der Waals surface area contributed by atoms with E-state index in [0.717, 1.165) is 18.9 Å². The van der Waals surface area contributed by atoms with Crippen LogP contribution in [-0.4, -0.2) is 25.4 Å². The van der Waals surface area contributed by atoms with Gasteiger partial charge in [-0.1, -0.05) is 60.7 Å². The molecule has 2 aromatic rings. The average molecular weight is 352 g/mol. The summed E-state index contributed by atoms with van der Waals surface area (Å²) in [6.45, 7) is 2.69. The van der Waals surface area contributed by atoms with Gasteiger partial charge in [0.1, 0.15) is 6.10 Å². The Balaban J connectivity index is 1.35. The van der Waals surface area contributed by atoms with E-state index in [1.54, 1.807) is 0 Å². The van der Waals surface area contributed by atoms with Gasteiger partial charge in [-0.05, 0) is 42.2 Å². The van der Waals surface area contributed by atoms with Gasteiger partial charge in [0.05, 0.1) is 25.9 Å². The molecule has 3 atom stereocenters. The summed E-state index contributed by atoms with van der Waals surface area (Å²) >= 11 is 0. The summed E-state index contributed by atoms with van der Waals surface area (Å²) in [5, 5.41) is 0. The van der Waals surface area contributed by atoms with Gasteiger partial charge in [-0.25, -0.2) is 0 Å². The molecule has 0 radical (unpaired) electrons. The third kappa shape index (κ3) is 4.73. The van der Waals surface area contributed by atoms with Crippen LogP contribution in [0.4, 0.5) is 0 Å². The Bertz CT molecular complexity index is 654. The first-order chi connectivity index (χ1) is 12.9. The van der Waals surface area contributed by atoms with E-state index in [0.29, 0.717) is 25.7 Å². The minimum absolute atomic E-state index is 0.0294. The maximum absolute atomic E-state index is 6.39. The van der Waals surface area contributed by atoms with Gasteiger partial charge in [0.15, 0.2) is 0 Å². The highest BCUT2D eigenvalue weighted by Gasteiger charge is 2.43. The Kier molecular flexibility index (Phi) is 6.00. The third-order valence-corrected chi connectivity index (χ3v) is 5.48. The minimum atomic E-state index is 0.0294. The Labute approximate surface area is 156 Å². The van der Waals surface area contributed by atoms with Crippen molar-refractivity contribution in [1.82, 2.24) is 0 Å². The van der Waals surface area contributed by atoms with Crippen molar-refractivity contribution in [1.29, 1.82) is 0 Å². The van der Waals surface area contributed by atoms with Crippen molar-refractivity contribution in [2.45, 2.75) is 44.7 Å². The molecule has 2 fully saturated rings. The van der Waals surface area contributed by atoms with E-state index in [1.165, 1.54) is 24.0 Å². The zero-order chi connectivity index (χ0) is 17.6. The largest absolute Gasteiger partial charge is 0.374 e. The molecule has 3 nitrogen and oxygen atoms in total. The molecule has 0 bridgehead atoms. The van der Waals surface area contributed by atoms with Crippen LogP contribution in [0.2, 0.25) is 0 Å². The highest BCUT2D eigenvalue weighted by atomic mass is 16.6. The Morgan fingerprint density at radius 2 is 1.46 bits per heavy atom. The lowest BCUT2D eigenvalue weighted by molar-refractivity contribution is -0.165. The van der Waals surface area contributed by atoms with Gasteiger partial charge in [-0.15, -0.1) is 0 Å². The van der Waals surface area contributed by atoms with Crippen LogP contribution < -0.4 is 0 Å². The molecule has 1 aliphatic carbocycles. The van der Waals surface area contributed by atoms with Crippen molar-refractivity contribution >= 4 is 0 Å². The predicted molar refractivity (Wildman–Crippen MR) is 102 cm³/mol. The summed E-state index contributed by atoms with van der Waals surface area (Å²) in [7, 11) is 0. The first-order valence-electron chi connectivity index (χ1n) is 9.79. The molecular formula is C23H28O3. The Morgan fingerprint density at radius 3 is 2.12 bits per heavy atom. The van der Waals surface area contributed by atoms with Gasteiger partial charge in [0.25, 0.3) is 0 Å². The van der Waals surface area contributed by atoms with Crippen LogP contribution >= 0.6 is 0 Å². The molecule has 3 heteroatoms. The number of hydrogen-bond acceptors (Lipinski definition) is 3. The monoisotopic (exact) mass is 352 g/mol. The van der Waals surface area contributed by atoms with E-state index in [9.17, 15) is 0 Å². The smallest absolute Gasteiger partial charge is 0.107 e. The van der Waals surface area contributed by atoms with Crippen LogP contribution in [0.1, 0.15) is 30.4 Å². The highest BCUT2D eigenvalue weighted by Crippen LogP contribution is 2.44. The van der Waals surface area contributed by atoms with E-state index in [1.807, 2.05) is 24.3 Å². The first kappa shape index (κ1) is 17.7. The van der Waals surface area contributed by atoms with Crippen LogP contribution in [0.25, 0.3) is 0 Å². The molecule has 0 spiro atoms. The van der Waals surface area contributed by atoms with Crippen molar-refractivity contribution in [2.75, 3.05) is 13.2 Å². The average Bonchev–Trinajstić information content (AvgIpc) is 3.54. The molecule has 0 amide bonds. The molecule has 1 aliphatic heterocycles. The van der Waals surface area contributed by atoms with E-state index < -0.39 is 0 Å². The molecule has 2 aliphatic rings. The summed E-state index contributed by atoms with van der Waals surface area (Å²) in [5.41, 5.74) is 2.42. The second-order valence-corrected chi connectivity index (χ2v) is 7.46. The molecule has 4 rings (SSSR count). The lowest BCUT2D eigenvalue weighted by Crippen LogP contribution is -2.46. The van der Waals surface area contributed by atoms with Crippen LogP contribution in [0.15, 0.2) is 60.7 Å². The fourth-order valence-corrected chi connectivity index (χ4v) is 3.93. The van der Waals surface area contributed by atoms with E-state index in [-0.39, 0.29) is 12.2 Å². The maximum Gasteiger partial charge on any atom is 0.107 e. The standard InChI is InChI=1S/C23H28O3/c1-3-7-18(8-4-1)15-24-17-22-23(21(13-14-25-22)20-11-12-20)26-16-19-9-5-2-6-10-19/h1-10,20-23H,11-17H2. The van der Waals surface area contributed by atoms with Crippen molar-refractivity contribution in [3.05, 3.63) is 71.8 Å². The highest BCUT2D eigenvalue weighted by molar-refractivity contribution is 5.14. The van der Waals surface area contributed by atoms with Gasteiger partial charge in [0, 0.05) is 6.61 Å². The third-order valence-electron chi connectivity index (χ3n) is 5.48. The molecule has 3 unspecified atom stereocenters. The molecule has 138 valence electrons. The molecular weight excluding hydrogens is 324 g/mol. The van der Waals surface area contributed by atoms with Crippen LogP contribution in [0, 0.1) is 11.8 Å². The van der Waals surface area contributed by atoms with Crippen molar-refractivity contribution in [3.8, 4) is 0 Å². The summed E-state index contributed by atoms with van der Waals surface area (Å²) in [6.07, 6.45) is 3.95. The summed E-state index contributed by atoms with van der Waals surface area (Å²) in [5.74, 6) is 1.43. The number of ether oxygens (including phenoxy) is 3. The van der Waals surface area contributed by atoms with E-state index >= 15 is 0 Å². The van der Waals surface area contributed by atoms with Gasteiger partial charge >= 0.3 is 0 Å². The molecule has 1 saturated carbocycles. The predicted octanol–water partition coefficient (Wildman–Crippen LogP) is 4.60.